The summed E-state index contributed by atoms with van der Waals surface area (Å²) >= 11 is 0. The summed E-state index contributed by atoms with van der Waals surface area (Å²) in [6.07, 6.45) is 2.52. The van der Waals surface area contributed by atoms with Gasteiger partial charge in [0.1, 0.15) is 5.56 Å². The Labute approximate surface area is 102 Å². The van der Waals surface area contributed by atoms with E-state index in [0.29, 0.717) is 18.0 Å². The van der Waals surface area contributed by atoms with Crippen LogP contribution in [0.1, 0.15) is 16.8 Å². The van der Waals surface area contributed by atoms with E-state index in [2.05, 4.69) is 15.2 Å². The van der Waals surface area contributed by atoms with Crippen LogP contribution >= 0.6 is 0 Å². The van der Waals surface area contributed by atoms with Crippen LogP contribution in [0, 0.1) is 0 Å². The third kappa shape index (κ3) is 4.40. The second kappa shape index (κ2) is 6.85. The number of pyridine rings is 1. The maximum absolute atomic E-state index is 11.8. The fraction of sp³-hybridized carbons (Fsp3) is 0.500. The number of aromatic nitrogens is 1. The summed E-state index contributed by atoms with van der Waals surface area (Å²) in [7, 11) is 5.52. The van der Waals surface area contributed by atoms with Crippen molar-refractivity contribution in [3.8, 4) is 5.88 Å². The smallest absolute Gasteiger partial charge is 0.256 e. The van der Waals surface area contributed by atoms with Crippen molar-refractivity contribution in [1.82, 2.24) is 15.2 Å². The molecular formula is C12H19N3O2. The average molecular weight is 237 g/mol. The van der Waals surface area contributed by atoms with E-state index in [-0.39, 0.29) is 5.91 Å². The summed E-state index contributed by atoms with van der Waals surface area (Å²) in [6.45, 7) is 1.60. The van der Waals surface area contributed by atoms with E-state index in [4.69, 9.17) is 4.74 Å². The number of nitrogens with zero attached hydrogens (tertiary/aromatic N) is 2. The van der Waals surface area contributed by atoms with Gasteiger partial charge in [-0.05, 0) is 39.2 Å². The van der Waals surface area contributed by atoms with Crippen molar-refractivity contribution in [2.24, 2.45) is 0 Å². The van der Waals surface area contributed by atoms with E-state index in [9.17, 15) is 4.79 Å². The number of nitrogens with one attached hydrogen (secondary N) is 1. The summed E-state index contributed by atoms with van der Waals surface area (Å²) in [5, 5.41) is 2.84. The first-order valence-corrected chi connectivity index (χ1v) is 5.57. The molecule has 0 aromatic carbocycles. The van der Waals surface area contributed by atoms with Crippen molar-refractivity contribution in [3.05, 3.63) is 23.9 Å². The van der Waals surface area contributed by atoms with E-state index in [1.807, 2.05) is 14.1 Å². The Bertz CT molecular complexity index is 367. The van der Waals surface area contributed by atoms with Crippen molar-refractivity contribution < 1.29 is 9.53 Å². The number of rotatable bonds is 6. The third-order valence-corrected chi connectivity index (χ3v) is 2.28. The molecule has 94 valence electrons. The van der Waals surface area contributed by atoms with Gasteiger partial charge in [-0.2, -0.15) is 0 Å². The number of methoxy groups -OCH3 is 1. The molecule has 5 nitrogen and oxygen atoms in total. The summed E-state index contributed by atoms with van der Waals surface area (Å²) in [5.41, 5.74) is 0.472. The van der Waals surface area contributed by atoms with Crippen molar-refractivity contribution in [2.45, 2.75) is 6.42 Å². The third-order valence-electron chi connectivity index (χ3n) is 2.28. The predicted molar refractivity (Wildman–Crippen MR) is 66.3 cm³/mol. The van der Waals surface area contributed by atoms with Gasteiger partial charge in [0, 0.05) is 12.7 Å². The predicted octanol–water partition coefficient (Wildman–Crippen LogP) is 0.772. The van der Waals surface area contributed by atoms with Gasteiger partial charge in [-0.25, -0.2) is 4.98 Å². The lowest BCUT2D eigenvalue weighted by atomic mass is 10.2. The van der Waals surface area contributed by atoms with Gasteiger partial charge < -0.3 is 15.0 Å². The van der Waals surface area contributed by atoms with Crippen molar-refractivity contribution in [3.63, 3.8) is 0 Å². The van der Waals surface area contributed by atoms with Crippen LogP contribution in [0.4, 0.5) is 0 Å². The molecule has 0 aliphatic carbocycles. The summed E-state index contributed by atoms with van der Waals surface area (Å²) in [6, 6.07) is 3.42. The van der Waals surface area contributed by atoms with Gasteiger partial charge in [0.15, 0.2) is 0 Å². The molecule has 0 saturated heterocycles. The highest BCUT2D eigenvalue weighted by atomic mass is 16.5. The Morgan fingerprint density at radius 3 is 2.94 bits per heavy atom. The van der Waals surface area contributed by atoms with Crippen LogP contribution in [-0.2, 0) is 0 Å². The molecule has 1 amide bonds. The Kier molecular flexibility index (Phi) is 5.42. The summed E-state index contributed by atoms with van der Waals surface area (Å²) < 4.78 is 5.03. The molecule has 0 radical (unpaired) electrons. The van der Waals surface area contributed by atoms with Crippen molar-refractivity contribution in [2.75, 3.05) is 34.3 Å². The summed E-state index contributed by atoms with van der Waals surface area (Å²) in [5.74, 6) is 0.214. The van der Waals surface area contributed by atoms with Gasteiger partial charge in [-0.1, -0.05) is 0 Å². The van der Waals surface area contributed by atoms with Crippen molar-refractivity contribution >= 4 is 5.91 Å². The molecule has 0 aliphatic rings. The van der Waals surface area contributed by atoms with Crippen LogP contribution in [0.2, 0.25) is 0 Å². The minimum Gasteiger partial charge on any atom is -0.480 e. The van der Waals surface area contributed by atoms with Gasteiger partial charge in [0.25, 0.3) is 5.91 Å². The van der Waals surface area contributed by atoms with Gasteiger partial charge in [0.05, 0.1) is 7.11 Å². The zero-order valence-corrected chi connectivity index (χ0v) is 10.6. The van der Waals surface area contributed by atoms with Crippen LogP contribution in [-0.4, -0.2) is 50.1 Å². The molecule has 0 unspecified atom stereocenters. The lowest BCUT2D eigenvalue weighted by molar-refractivity contribution is 0.0948. The molecule has 1 aromatic rings. The largest absolute Gasteiger partial charge is 0.480 e. The highest BCUT2D eigenvalue weighted by molar-refractivity contribution is 5.96. The van der Waals surface area contributed by atoms with E-state index in [0.717, 1.165) is 13.0 Å². The second-order valence-corrected chi connectivity index (χ2v) is 3.97. The lowest BCUT2D eigenvalue weighted by Crippen LogP contribution is -2.27. The molecule has 0 saturated carbocycles. The molecule has 1 N–H and O–H groups in total. The standard InChI is InChI=1S/C12H19N3O2/c1-15(2)9-5-8-13-11(16)10-6-4-7-14-12(10)17-3/h4,6-7H,5,8-9H2,1-3H3,(H,13,16). The van der Waals surface area contributed by atoms with Crippen molar-refractivity contribution in [1.29, 1.82) is 0 Å². The number of hydrogen-bond acceptors (Lipinski definition) is 4. The van der Waals surface area contributed by atoms with Gasteiger partial charge >= 0.3 is 0 Å². The SMILES string of the molecule is COc1ncccc1C(=O)NCCCN(C)C. The number of amides is 1. The summed E-state index contributed by atoms with van der Waals surface area (Å²) in [4.78, 5) is 17.9. The Hall–Kier alpha value is -1.62. The normalized spacial score (nSPS) is 10.4. The molecule has 17 heavy (non-hydrogen) atoms. The number of carbonyl (C=O) groups is 1. The Balaban J connectivity index is 2.47. The van der Waals surface area contributed by atoms with Gasteiger partial charge in [0.2, 0.25) is 5.88 Å². The highest BCUT2D eigenvalue weighted by Crippen LogP contribution is 2.12. The van der Waals surface area contributed by atoms with E-state index < -0.39 is 0 Å². The second-order valence-electron chi connectivity index (χ2n) is 3.97. The maximum Gasteiger partial charge on any atom is 0.256 e. The fourth-order valence-electron chi connectivity index (χ4n) is 1.42. The highest BCUT2D eigenvalue weighted by Gasteiger charge is 2.11. The van der Waals surface area contributed by atoms with Crippen LogP contribution in [0.15, 0.2) is 18.3 Å². The zero-order valence-electron chi connectivity index (χ0n) is 10.6. The fourth-order valence-corrected chi connectivity index (χ4v) is 1.42. The quantitative estimate of drug-likeness (QED) is 0.743. The van der Waals surface area contributed by atoms with Gasteiger partial charge in [-0.15, -0.1) is 0 Å². The lowest BCUT2D eigenvalue weighted by Gasteiger charge is -2.10. The van der Waals surface area contributed by atoms with Crippen LogP contribution in [0.25, 0.3) is 0 Å². The molecule has 0 aliphatic heterocycles. The average Bonchev–Trinajstić information content (AvgIpc) is 2.34. The molecule has 1 rings (SSSR count). The molecular weight excluding hydrogens is 218 g/mol. The molecule has 0 atom stereocenters. The first-order chi connectivity index (χ1) is 8.15. The number of ether oxygens (including phenoxy) is 1. The van der Waals surface area contributed by atoms with Crippen LogP contribution < -0.4 is 10.1 Å². The Morgan fingerprint density at radius 2 is 2.29 bits per heavy atom. The molecule has 0 fully saturated rings. The molecule has 0 spiro atoms. The minimum absolute atomic E-state index is 0.145. The first kappa shape index (κ1) is 13.4. The minimum atomic E-state index is -0.145. The topological polar surface area (TPSA) is 54.5 Å². The Morgan fingerprint density at radius 1 is 1.53 bits per heavy atom. The first-order valence-electron chi connectivity index (χ1n) is 5.57. The monoisotopic (exact) mass is 237 g/mol. The zero-order chi connectivity index (χ0) is 12.7. The molecule has 1 aromatic heterocycles. The van der Waals surface area contributed by atoms with E-state index in [1.165, 1.54) is 7.11 Å². The molecule has 0 bridgehead atoms. The van der Waals surface area contributed by atoms with E-state index >= 15 is 0 Å². The number of carbonyl (C=O) groups excluding carboxylic acids is 1. The molecule has 5 heteroatoms. The van der Waals surface area contributed by atoms with Crippen LogP contribution in [0.5, 0.6) is 5.88 Å². The van der Waals surface area contributed by atoms with Gasteiger partial charge in [-0.3, -0.25) is 4.79 Å². The molecule has 1 heterocycles. The maximum atomic E-state index is 11.8. The van der Waals surface area contributed by atoms with E-state index in [1.54, 1.807) is 18.3 Å². The number of hydrogen-bond donors (Lipinski definition) is 1. The van der Waals surface area contributed by atoms with Crippen LogP contribution in [0.3, 0.4) is 0 Å².